The molecule has 0 spiro atoms. The number of aryl methyl sites for hydroxylation is 2. The maximum Gasteiger partial charge on any atom is 0.154 e. The predicted molar refractivity (Wildman–Crippen MR) is 114 cm³/mol. The van der Waals surface area contributed by atoms with Crippen LogP contribution in [0.2, 0.25) is 0 Å². The summed E-state index contributed by atoms with van der Waals surface area (Å²) in [5, 5.41) is 3.32. The number of nitrogens with zero attached hydrogens (tertiary/aromatic N) is 3. The molecule has 0 aliphatic heterocycles. The fourth-order valence-corrected chi connectivity index (χ4v) is 2.84. The fraction of sp³-hybridized carbons (Fsp3) is 0.174. The molecule has 4 heteroatoms. The molecule has 0 fully saturated rings. The van der Waals surface area contributed by atoms with E-state index in [0.29, 0.717) is 0 Å². The number of aliphatic imine (C=N–C) groups is 1. The van der Waals surface area contributed by atoms with Gasteiger partial charge < -0.3 is 5.32 Å². The first kappa shape index (κ1) is 18.5. The van der Waals surface area contributed by atoms with E-state index in [-0.39, 0.29) is 0 Å². The summed E-state index contributed by atoms with van der Waals surface area (Å²) in [4.78, 5) is 13.6. The first-order valence-electron chi connectivity index (χ1n) is 8.92. The highest BCUT2D eigenvalue weighted by molar-refractivity contribution is 5.83. The molecule has 0 saturated carbocycles. The van der Waals surface area contributed by atoms with Crippen LogP contribution in [-0.4, -0.2) is 15.7 Å². The van der Waals surface area contributed by atoms with Gasteiger partial charge in [-0.3, -0.25) is 0 Å². The van der Waals surface area contributed by atoms with Gasteiger partial charge in [-0.15, -0.1) is 0 Å². The van der Waals surface area contributed by atoms with Crippen LogP contribution in [0, 0.1) is 13.8 Å². The Kier molecular flexibility index (Phi) is 5.46. The zero-order chi connectivity index (χ0) is 19.4. The molecule has 0 aliphatic carbocycles. The van der Waals surface area contributed by atoms with Crippen molar-refractivity contribution in [3.05, 3.63) is 83.7 Å². The Balaban J connectivity index is 1.85. The maximum atomic E-state index is 4.68. The number of hydrogen-bond acceptors (Lipinski definition) is 4. The molecule has 1 aromatic carbocycles. The maximum absolute atomic E-state index is 4.68. The SMILES string of the molecule is C=C(c1cnc(N=C(C)C)c(C)c1)c1ccc(Nc2ccccc2)nc1C. The van der Waals surface area contributed by atoms with Crippen LogP contribution in [0.5, 0.6) is 0 Å². The molecule has 0 atom stereocenters. The lowest BCUT2D eigenvalue weighted by Crippen LogP contribution is -1.99. The van der Waals surface area contributed by atoms with Gasteiger partial charge in [-0.1, -0.05) is 24.8 Å². The van der Waals surface area contributed by atoms with Crippen molar-refractivity contribution in [2.45, 2.75) is 27.7 Å². The lowest BCUT2D eigenvalue weighted by Gasteiger charge is -2.13. The first-order chi connectivity index (χ1) is 12.9. The molecule has 4 nitrogen and oxygen atoms in total. The molecule has 0 saturated heterocycles. The molecule has 3 rings (SSSR count). The summed E-state index contributed by atoms with van der Waals surface area (Å²) < 4.78 is 0. The zero-order valence-electron chi connectivity index (χ0n) is 16.2. The second kappa shape index (κ2) is 7.96. The van der Waals surface area contributed by atoms with Crippen LogP contribution in [0.4, 0.5) is 17.3 Å². The lowest BCUT2D eigenvalue weighted by atomic mass is 9.99. The van der Waals surface area contributed by atoms with Crippen molar-refractivity contribution >= 4 is 28.6 Å². The molecular formula is C23H24N4. The summed E-state index contributed by atoms with van der Waals surface area (Å²) in [6.45, 7) is 12.2. The second-order valence-corrected chi connectivity index (χ2v) is 6.72. The van der Waals surface area contributed by atoms with Crippen molar-refractivity contribution < 1.29 is 0 Å². The van der Waals surface area contributed by atoms with Gasteiger partial charge in [-0.05, 0) is 69.2 Å². The average Bonchev–Trinajstić information content (AvgIpc) is 2.63. The van der Waals surface area contributed by atoms with Gasteiger partial charge in [-0.2, -0.15) is 0 Å². The number of anilines is 2. The Morgan fingerprint density at radius 2 is 1.78 bits per heavy atom. The topological polar surface area (TPSA) is 50.2 Å². The van der Waals surface area contributed by atoms with Gasteiger partial charge in [0.25, 0.3) is 0 Å². The van der Waals surface area contributed by atoms with Crippen LogP contribution in [0.1, 0.15) is 36.2 Å². The van der Waals surface area contributed by atoms with Crippen molar-refractivity contribution in [3.63, 3.8) is 0 Å². The fourth-order valence-electron chi connectivity index (χ4n) is 2.84. The number of rotatable bonds is 5. The smallest absolute Gasteiger partial charge is 0.154 e. The molecule has 2 aromatic heterocycles. The lowest BCUT2D eigenvalue weighted by molar-refractivity contribution is 1.17. The monoisotopic (exact) mass is 356 g/mol. The van der Waals surface area contributed by atoms with E-state index in [0.717, 1.165) is 51.0 Å². The standard InChI is InChI=1S/C23H24N4/c1-15(2)25-23-16(3)13-19(14-24-23)17(4)21-11-12-22(26-18(21)5)27-20-9-7-6-8-10-20/h6-14H,4H2,1-3,5H3,(H,26,27). The molecule has 0 amide bonds. The molecule has 0 aliphatic rings. The quantitative estimate of drug-likeness (QED) is 0.569. The van der Waals surface area contributed by atoms with Gasteiger partial charge in [0.15, 0.2) is 5.82 Å². The molecule has 0 unspecified atom stereocenters. The average molecular weight is 356 g/mol. The summed E-state index contributed by atoms with van der Waals surface area (Å²) in [6.07, 6.45) is 1.83. The Labute approximate surface area is 160 Å². The van der Waals surface area contributed by atoms with Crippen molar-refractivity contribution in [1.29, 1.82) is 0 Å². The van der Waals surface area contributed by atoms with Gasteiger partial charge >= 0.3 is 0 Å². The minimum atomic E-state index is 0.754. The molecule has 136 valence electrons. The Hall–Kier alpha value is -3.27. The van der Waals surface area contributed by atoms with Crippen molar-refractivity contribution in [2.24, 2.45) is 4.99 Å². The van der Waals surface area contributed by atoms with Crippen LogP contribution in [0.3, 0.4) is 0 Å². The molecular weight excluding hydrogens is 332 g/mol. The van der Waals surface area contributed by atoms with E-state index in [1.165, 1.54) is 0 Å². The molecule has 27 heavy (non-hydrogen) atoms. The van der Waals surface area contributed by atoms with Crippen LogP contribution < -0.4 is 5.32 Å². The van der Waals surface area contributed by atoms with Crippen molar-refractivity contribution in [3.8, 4) is 0 Å². The summed E-state index contributed by atoms with van der Waals surface area (Å²) in [5.41, 5.74) is 6.85. The van der Waals surface area contributed by atoms with Crippen molar-refractivity contribution in [2.75, 3.05) is 5.32 Å². The van der Waals surface area contributed by atoms with Crippen molar-refractivity contribution in [1.82, 2.24) is 9.97 Å². The van der Waals surface area contributed by atoms with E-state index in [1.54, 1.807) is 0 Å². The second-order valence-electron chi connectivity index (χ2n) is 6.72. The van der Waals surface area contributed by atoms with E-state index in [1.807, 2.05) is 76.4 Å². The third-order valence-electron chi connectivity index (χ3n) is 4.19. The van der Waals surface area contributed by atoms with Crippen LogP contribution in [-0.2, 0) is 0 Å². The van der Waals surface area contributed by atoms with E-state index in [2.05, 4.69) is 32.9 Å². The highest BCUT2D eigenvalue weighted by Gasteiger charge is 2.10. The van der Waals surface area contributed by atoms with Gasteiger partial charge in [0, 0.05) is 34.4 Å². The highest BCUT2D eigenvalue weighted by Crippen LogP contribution is 2.28. The number of hydrogen-bond donors (Lipinski definition) is 1. The third kappa shape index (κ3) is 4.47. The minimum absolute atomic E-state index is 0.754. The van der Waals surface area contributed by atoms with Gasteiger partial charge in [-0.25, -0.2) is 15.0 Å². The summed E-state index contributed by atoms with van der Waals surface area (Å²) in [7, 11) is 0. The summed E-state index contributed by atoms with van der Waals surface area (Å²) in [6, 6.07) is 16.1. The van der Waals surface area contributed by atoms with Crippen LogP contribution in [0.15, 0.2) is 66.3 Å². The number of nitrogens with one attached hydrogen (secondary N) is 1. The molecule has 3 aromatic rings. The van der Waals surface area contributed by atoms with E-state index in [4.69, 9.17) is 0 Å². The van der Waals surface area contributed by atoms with Gasteiger partial charge in [0.05, 0.1) is 0 Å². The Morgan fingerprint density at radius 3 is 2.41 bits per heavy atom. The number of pyridine rings is 2. The van der Waals surface area contributed by atoms with Crippen LogP contribution in [0.25, 0.3) is 5.57 Å². The van der Waals surface area contributed by atoms with Crippen LogP contribution >= 0.6 is 0 Å². The highest BCUT2D eigenvalue weighted by atomic mass is 15.0. The molecule has 1 N–H and O–H groups in total. The predicted octanol–water partition coefficient (Wildman–Crippen LogP) is 6.01. The normalized spacial score (nSPS) is 10.4. The first-order valence-corrected chi connectivity index (χ1v) is 8.92. The van der Waals surface area contributed by atoms with E-state index >= 15 is 0 Å². The largest absolute Gasteiger partial charge is 0.340 e. The number of aromatic nitrogens is 2. The molecule has 0 radical (unpaired) electrons. The Morgan fingerprint density at radius 1 is 1.04 bits per heavy atom. The van der Waals surface area contributed by atoms with E-state index < -0.39 is 0 Å². The third-order valence-corrected chi connectivity index (χ3v) is 4.19. The van der Waals surface area contributed by atoms with Gasteiger partial charge in [0.2, 0.25) is 0 Å². The molecule has 0 bridgehead atoms. The van der Waals surface area contributed by atoms with E-state index in [9.17, 15) is 0 Å². The Bertz CT molecular complexity index is 1000. The zero-order valence-corrected chi connectivity index (χ0v) is 16.2. The number of benzene rings is 1. The number of para-hydroxylation sites is 1. The molecule has 2 heterocycles. The minimum Gasteiger partial charge on any atom is -0.340 e. The van der Waals surface area contributed by atoms with Gasteiger partial charge in [0.1, 0.15) is 5.82 Å². The summed E-state index contributed by atoms with van der Waals surface area (Å²) >= 11 is 0. The summed E-state index contributed by atoms with van der Waals surface area (Å²) in [5.74, 6) is 1.57.